The van der Waals surface area contributed by atoms with E-state index in [4.69, 9.17) is 0 Å². The highest BCUT2D eigenvalue weighted by Crippen LogP contribution is 2.35. The van der Waals surface area contributed by atoms with Crippen molar-refractivity contribution in [3.05, 3.63) is 48.5 Å². The average Bonchev–Trinajstić information content (AvgIpc) is 2.16. The molecular weight excluding hydrogens is 248 g/mol. The maximum atomic E-state index is 10.4. The number of halogens is 2. The van der Waals surface area contributed by atoms with Crippen LogP contribution in [0.2, 0.25) is 0 Å². The molecule has 0 aliphatic carbocycles. The van der Waals surface area contributed by atoms with Gasteiger partial charge in [0.2, 0.25) is 0 Å². The van der Waals surface area contributed by atoms with Crippen LogP contribution in [0.15, 0.2) is 18.2 Å². The smallest absolute Gasteiger partial charge is 0.269 e. The summed E-state index contributed by atoms with van der Waals surface area (Å²) in [7, 11) is 0. The van der Waals surface area contributed by atoms with E-state index in [0.717, 1.165) is 18.2 Å². The summed E-state index contributed by atoms with van der Waals surface area (Å²) in [5, 5.41) is 31.2. The Morgan fingerprint density at radius 2 is 1.12 bits per heavy atom. The molecule has 0 atom stereocenters. The molecule has 1 rings (SSSR count). The Balaban J connectivity index is 0. The normalized spacial score (nSPS) is 8.47. The third kappa shape index (κ3) is 3.12. The van der Waals surface area contributed by atoms with Gasteiger partial charge in [-0.05, 0) is 6.07 Å². The van der Waals surface area contributed by atoms with Gasteiger partial charge in [0.1, 0.15) is 0 Å². The van der Waals surface area contributed by atoms with E-state index in [1.165, 1.54) is 0 Å². The van der Waals surface area contributed by atoms with Crippen LogP contribution in [0.5, 0.6) is 0 Å². The van der Waals surface area contributed by atoms with E-state index in [1.54, 1.807) is 0 Å². The summed E-state index contributed by atoms with van der Waals surface area (Å²) in [6, 6.07) is 2.69. The number of nitro benzene ring substituents is 3. The fourth-order valence-corrected chi connectivity index (χ4v) is 1.00. The third-order valence-electron chi connectivity index (χ3n) is 1.57. The van der Waals surface area contributed by atoms with E-state index in [1.807, 2.05) is 0 Å². The van der Waals surface area contributed by atoms with Crippen LogP contribution in [0.4, 0.5) is 26.5 Å². The van der Waals surface area contributed by atoms with Crippen molar-refractivity contribution in [2.75, 3.05) is 0 Å². The molecule has 0 N–H and O–H groups in total. The SMILES string of the molecule is F.F.O=[N+]([O-])c1cccc([N+](=O)[O-])c1[N+](=O)[O-]. The van der Waals surface area contributed by atoms with Crippen LogP contribution >= 0.6 is 0 Å². The molecule has 1 aromatic carbocycles. The zero-order valence-corrected chi connectivity index (χ0v) is 7.84. The number of benzene rings is 1. The lowest BCUT2D eigenvalue weighted by molar-refractivity contribution is -0.441. The van der Waals surface area contributed by atoms with Crippen LogP contribution in [0.1, 0.15) is 0 Å². The van der Waals surface area contributed by atoms with E-state index in [9.17, 15) is 30.3 Å². The summed E-state index contributed by atoms with van der Waals surface area (Å²) in [6.07, 6.45) is 0. The van der Waals surface area contributed by atoms with Crippen molar-refractivity contribution >= 4 is 17.1 Å². The Kier molecular flexibility index (Phi) is 5.89. The van der Waals surface area contributed by atoms with Crippen molar-refractivity contribution in [1.82, 2.24) is 0 Å². The first-order valence-corrected chi connectivity index (χ1v) is 3.51. The average molecular weight is 253 g/mol. The van der Waals surface area contributed by atoms with Crippen LogP contribution in [-0.2, 0) is 0 Å². The summed E-state index contributed by atoms with van der Waals surface area (Å²) < 4.78 is 0. The van der Waals surface area contributed by atoms with E-state index in [0.29, 0.717) is 0 Å². The maximum Gasteiger partial charge on any atom is 0.422 e. The third-order valence-corrected chi connectivity index (χ3v) is 1.57. The molecule has 0 saturated heterocycles. The highest BCUT2D eigenvalue weighted by atomic mass is 19.0. The lowest BCUT2D eigenvalue weighted by Crippen LogP contribution is -2.00. The van der Waals surface area contributed by atoms with E-state index < -0.39 is 31.8 Å². The molecule has 0 aromatic heterocycles. The van der Waals surface area contributed by atoms with Crippen LogP contribution < -0.4 is 0 Å². The maximum absolute atomic E-state index is 10.4. The second kappa shape index (κ2) is 5.99. The molecule has 17 heavy (non-hydrogen) atoms. The number of para-hydroxylation sites is 1. The van der Waals surface area contributed by atoms with Crippen molar-refractivity contribution in [3.63, 3.8) is 0 Å². The number of hydrogen-bond acceptors (Lipinski definition) is 6. The second-order valence-electron chi connectivity index (χ2n) is 2.42. The van der Waals surface area contributed by atoms with Crippen molar-refractivity contribution < 1.29 is 24.2 Å². The van der Waals surface area contributed by atoms with Crippen LogP contribution in [-0.4, -0.2) is 14.8 Å². The summed E-state index contributed by atoms with van der Waals surface area (Å²) >= 11 is 0. The molecule has 9 nitrogen and oxygen atoms in total. The minimum Gasteiger partial charge on any atom is -0.269 e. The fourth-order valence-electron chi connectivity index (χ4n) is 1.00. The first-order chi connectivity index (χ1) is 6.95. The van der Waals surface area contributed by atoms with E-state index >= 15 is 0 Å². The Labute approximate surface area is 90.8 Å². The first-order valence-electron chi connectivity index (χ1n) is 3.51. The molecule has 0 radical (unpaired) electrons. The molecule has 0 saturated carbocycles. The minimum absolute atomic E-state index is 0. The van der Waals surface area contributed by atoms with Gasteiger partial charge in [-0.1, -0.05) is 0 Å². The van der Waals surface area contributed by atoms with Gasteiger partial charge in [-0.15, -0.1) is 0 Å². The van der Waals surface area contributed by atoms with Crippen molar-refractivity contribution in [3.8, 4) is 0 Å². The molecule has 0 fully saturated rings. The van der Waals surface area contributed by atoms with Gasteiger partial charge in [0.25, 0.3) is 0 Å². The Morgan fingerprint density at radius 1 is 0.765 bits per heavy atom. The van der Waals surface area contributed by atoms with Gasteiger partial charge in [0, 0.05) is 12.1 Å². The van der Waals surface area contributed by atoms with Crippen LogP contribution in [0.3, 0.4) is 0 Å². The summed E-state index contributed by atoms with van der Waals surface area (Å²) in [6.45, 7) is 0. The standard InChI is InChI=1S/C6H3N3O6.2FH/c10-7(11)4-2-1-3-5(8(12)13)6(4)9(14)15;;/h1-3H;2*1H. The Hall–Kier alpha value is -2.72. The number of rotatable bonds is 3. The topological polar surface area (TPSA) is 129 Å². The zero-order valence-electron chi connectivity index (χ0n) is 7.84. The molecule has 0 heterocycles. The summed E-state index contributed by atoms with van der Waals surface area (Å²) in [4.78, 5) is 28.0. The van der Waals surface area contributed by atoms with Gasteiger partial charge in [0.15, 0.2) is 0 Å². The van der Waals surface area contributed by atoms with Gasteiger partial charge in [-0.3, -0.25) is 39.8 Å². The summed E-state index contributed by atoms with van der Waals surface area (Å²) in [5.74, 6) is 0. The molecule has 0 aliphatic rings. The summed E-state index contributed by atoms with van der Waals surface area (Å²) in [5.41, 5.74) is -2.89. The molecule has 0 spiro atoms. The molecule has 11 heteroatoms. The molecule has 94 valence electrons. The number of nitro groups is 3. The first kappa shape index (κ1) is 16.7. The highest BCUT2D eigenvalue weighted by molar-refractivity contribution is 5.65. The van der Waals surface area contributed by atoms with Crippen LogP contribution in [0, 0.1) is 30.3 Å². The predicted molar refractivity (Wildman–Crippen MR) is 51.4 cm³/mol. The van der Waals surface area contributed by atoms with Crippen molar-refractivity contribution in [1.29, 1.82) is 0 Å². The van der Waals surface area contributed by atoms with E-state index in [-0.39, 0.29) is 9.41 Å². The molecule has 0 unspecified atom stereocenters. The van der Waals surface area contributed by atoms with Gasteiger partial charge in [-0.2, -0.15) is 0 Å². The van der Waals surface area contributed by atoms with Gasteiger partial charge >= 0.3 is 17.1 Å². The minimum atomic E-state index is -1.14. The molecule has 0 aliphatic heterocycles. The quantitative estimate of drug-likeness (QED) is 0.595. The van der Waals surface area contributed by atoms with Gasteiger partial charge in [0.05, 0.1) is 14.8 Å². The van der Waals surface area contributed by atoms with E-state index in [2.05, 4.69) is 0 Å². The van der Waals surface area contributed by atoms with Gasteiger partial charge < -0.3 is 0 Å². The molecule has 1 aromatic rings. The highest BCUT2D eigenvalue weighted by Gasteiger charge is 2.34. The molecular formula is C6H5F2N3O6. The monoisotopic (exact) mass is 253 g/mol. The predicted octanol–water partition coefficient (Wildman–Crippen LogP) is 1.72. The molecule has 0 bridgehead atoms. The Bertz CT molecular complexity index is 433. The second-order valence-corrected chi connectivity index (χ2v) is 2.42. The van der Waals surface area contributed by atoms with Crippen molar-refractivity contribution in [2.24, 2.45) is 0 Å². The lowest BCUT2D eigenvalue weighted by Gasteiger charge is -1.95. The molecule has 0 amide bonds. The largest absolute Gasteiger partial charge is 0.422 e. The lowest BCUT2D eigenvalue weighted by atomic mass is 10.2. The number of hydrogen-bond donors (Lipinski definition) is 0. The van der Waals surface area contributed by atoms with Crippen LogP contribution in [0.25, 0.3) is 0 Å². The van der Waals surface area contributed by atoms with Crippen molar-refractivity contribution in [2.45, 2.75) is 0 Å². The fraction of sp³-hybridized carbons (Fsp3) is 0. The number of nitrogens with zero attached hydrogens (tertiary/aromatic N) is 3. The Morgan fingerprint density at radius 3 is 1.35 bits per heavy atom. The zero-order chi connectivity index (χ0) is 11.6. The van der Waals surface area contributed by atoms with Gasteiger partial charge in [-0.25, -0.2) is 0 Å².